The number of hydrazone groups is 1. The van der Waals surface area contributed by atoms with Gasteiger partial charge in [0.05, 0.1) is 29.1 Å². The molecular formula is C22H24Cl2N4O5. The molecule has 1 atom stereocenters. The summed E-state index contributed by atoms with van der Waals surface area (Å²) in [5.74, 6) is -1.71. The van der Waals surface area contributed by atoms with Gasteiger partial charge in [-0.05, 0) is 43.2 Å². The van der Waals surface area contributed by atoms with Crippen molar-refractivity contribution in [3.63, 3.8) is 0 Å². The van der Waals surface area contributed by atoms with Crippen LogP contribution < -0.4 is 25.5 Å². The predicted molar refractivity (Wildman–Crippen MR) is 127 cm³/mol. The average molecular weight is 495 g/mol. The molecule has 0 bridgehead atoms. The molecule has 3 N–H and O–H groups in total. The van der Waals surface area contributed by atoms with Crippen molar-refractivity contribution < 1.29 is 23.9 Å². The van der Waals surface area contributed by atoms with E-state index in [1.54, 1.807) is 37.3 Å². The standard InChI is InChI=1S/C22H24Cl2N4O5/c1-4-13(2)26-21(30)22(31)28-25-11-14-9-16(24)20(18(10-14)32-3)33-12-19(29)27-17-8-6-5-7-15(17)23/h5-11,13H,4,12H2,1-3H3,(H,26,30)(H,27,29)(H,28,31)/b25-11-/t13-/m1/s1. The van der Waals surface area contributed by atoms with E-state index in [4.69, 9.17) is 32.7 Å². The monoisotopic (exact) mass is 494 g/mol. The van der Waals surface area contributed by atoms with E-state index in [-0.39, 0.29) is 29.2 Å². The van der Waals surface area contributed by atoms with E-state index >= 15 is 0 Å². The summed E-state index contributed by atoms with van der Waals surface area (Å²) in [7, 11) is 1.41. The van der Waals surface area contributed by atoms with E-state index < -0.39 is 17.7 Å². The van der Waals surface area contributed by atoms with Crippen molar-refractivity contribution in [2.45, 2.75) is 26.3 Å². The first kappa shape index (κ1) is 26.0. The van der Waals surface area contributed by atoms with Crippen molar-refractivity contribution in [2.75, 3.05) is 19.0 Å². The second kappa shape index (κ2) is 12.7. The third-order valence-corrected chi connectivity index (χ3v) is 4.93. The summed E-state index contributed by atoms with van der Waals surface area (Å²) in [4.78, 5) is 35.7. The summed E-state index contributed by atoms with van der Waals surface area (Å²) < 4.78 is 10.8. The lowest BCUT2D eigenvalue weighted by atomic mass is 10.2. The van der Waals surface area contributed by atoms with Crippen LogP contribution in [-0.4, -0.2) is 43.7 Å². The van der Waals surface area contributed by atoms with Crippen LogP contribution in [0.3, 0.4) is 0 Å². The normalized spacial score (nSPS) is 11.5. The van der Waals surface area contributed by atoms with Gasteiger partial charge in [-0.2, -0.15) is 5.10 Å². The number of ether oxygens (including phenoxy) is 2. The summed E-state index contributed by atoms with van der Waals surface area (Å²) in [5.41, 5.74) is 3.06. The fraction of sp³-hybridized carbons (Fsp3) is 0.273. The van der Waals surface area contributed by atoms with Crippen molar-refractivity contribution >= 4 is 52.8 Å². The molecule has 0 radical (unpaired) electrons. The van der Waals surface area contributed by atoms with E-state index in [2.05, 4.69) is 21.2 Å². The van der Waals surface area contributed by atoms with Crippen LogP contribution in [0, 0.1) is 0 Å². The lowest BCUT2D eigenvalue weighted by Crippen LogP contribution is -2.41. The summed E-state index contributed by atoms with van der Waals surface area (Å²) in [6, 6.07) is 9.71. The highest BCUT2D eigenvalue weighted by atomic mass is 35.5. The van der Waals surface area contributed by atoms with Crippen LogP contribution >= 0.6 is 23.2 Å². The molecule has 0 unspecified atom stereocenters. The minimum Gasteiger partial charge on any atom is -0.493 e. The molecule has 176 valence electrons. The number of hydrogen-bond donors (Lipinski definition) is 3. The van der Waals surface area contributed by atoms with Crippen LogP contribution in [0.5, 0.6) is 11.5 Å². The van der Waals surface area contributed by atoms with Crippen LogP contribution in [0.25, 0.3) is 0 Å². The summed E-state index contributed by atoms with van der Waals surface area (Å²) >= 11 is 12.3. The highest BCUT2D eigenvalue weighted by Gasteiger charge is 2.16. The Kier molecular flexibility index (Phi) is 9.96. The Bertz CT molecular complexity index is 1050. The van der Waals surface area contributed by atoms with Gasteiger partial charge >= 0.3 is 11.8 Å². The van der Waals surface area contributed by atoms with Gasteiger partial charge in [-0.25, -0.2) is 5.43 Å². The number of rotatable bonds is 9. The van der Waals surface area contributed by atoms with E-state index in [0.29, 0.717) is 22.7 Å². The van der Waals surface area contributed by atoms with Gasteiger partial charge in [0.1, 0.15) is 0 Å². The van der Waals surface area contributed by atoms with Crippen LogP contribution in [0.1, 0.15) is 25.8 Å². The van der Waals surface area contributed by atoms with Gasteiger partial charge in [0.2, 0.25) is 0 Å². The third-order valence-electron chi connectivity index (χ3n) is 4.32. The van der Waals surface area contributed by atoms with Crippen LogP contribution in [0.2, 0.25) is 10.0 Å². The van der Waals surface area contributed by atoms with Gasteiger partial charge in [0, 0.05) is 6.04 Å². The molecule has 0 aliphatic heterocycles. The Morgan fingerprint density at radius 1 is 1.12 bits per heavy atom. The SMILES string of the molecule is CC[C@@H](C)NC(=O)C(=O)N/N=C\c1cc(Cl)c(OCC(=O)Nc2ccccc2Cl)c(OC)c1. The highest BCUT2D eigenvalue weighted by molar-refractivity contribution is 6.35. The summed E-state index contributed by atoms with van der Waals surface area (Å²) in [6.45, 7) is 3.33. The van der Waals surface area contributed by atoms with Gasteiger partial charge in [-0.1, -0.05) is 42.3 Å². The Balaban J connectivity index is 2.00. The van der Waals surface area contributed by atoms with E-state index in [0.717, 1.165) is 0 Å². The molecular weight excluding hydrogens is 471 g/mol. The number of amides is 3. The zero-order chi connectivity index (χ0) is 24.4. The number of benzene rings is 2. The van der Waals surface area contributed by atoms with Crippen molar-refractivity contribution in [3.05, 3.63) is 52.0 Å². The van der Waals surface area contributed by atoms with E-state index in [9.17, 15) is 14.4 Å². The average Bonchev–Trinajstić information content (AvgIpc) is 2.79. The molecule has 0 saturated heterocycles. The van der Waals surface area contributed by atoms with Gasteiger partial charge in [-0.3, -0.25) is 14.4 Å². The first-order valence-electron chi connectivity index (χ1n) is 9.93. The first-order chi connectivity index (χ1) is 15.7. The molecule has 0 spiro atoms. The quantitative estimate of drug-likeness (QED) is 0.280. The maximum Gasteiger partial charge on any atom is 0.329 e. The number of hydrogen-bond acceptors (Lipinski definition) is 6. The number of nitrogens with one attached hydrogen (secondary N) is 3. The fourth-order valence-corrected chi connectivity index (χ4v) is 2.91. The third kappa shape index (κ3) is 7.96. The summed E-state index contributed by atoms with van der Waals surface area (Å²) in [5, 5.41) is 9.48. The van der Waals surface area contributed by atoms with Gasteiger partial charge in [0.15, 0.2) is 18.1 Å². The lowest BCUT2D eigenvalue weighted by Gasteiger charge is -2.13. The smallest absolute Gasteiger partial charge is 0.329 e. The summed E-state index contributed by atoms with van der Waals surface area (Å²) in [6.07, 6.45) is 1.98. The Hall–Kier alpha value is -3.30. The molecule has 9 nitrogen and oxygen atoms in total. The molecule has 2 rings (SSSR count). The number of carbonyl (C=O) groups excluding carboxylic acids is 3. The van der Waals surface area contributed by atoms with Crippen LogP contribution in [-0.2, 0) is 14.4 Å². The van der Waals surface area contributed by atoms with Crippen LogP contribution in [0.15, 0.2) is 41.5 Å². The van der Waals surface area contributed by atoms with E-state index in [1.807, 2.05) is 6.92 Å². The Morgan fingerprint density at radius 3 is 2.52 bits per heavy atom. The predicted octanol–water partition coefficient (Wildman–Crippen LogP) is 3.38. The van der Waals surface area contributed by atoms with Crippen molar-refractivity contribution in [3.8, 4) is 11.5 Å². The second-order valence-corrected chi connectivity index (χ2v) is 7.65. The Morgan fingerprint density at radius 2 is 1.85 bits per heavy atom. The highest BCUT2D eigenvalue weighted by Crippen LogP contribution is 2.36. The number of methoxy groups -OCH3 is 1. The molecule has 0 aliphatic rings. The molecule has 0 aromatic heterocycles. The van der Waals surface area contributed by atoms with Crippen LogP contribution in [0.4, 0.5) is 5.69 Å². The molecule has 0 heterocycles. The van der Waals surface area contributed by atoms with Gasteiger partial charge < -0.3 is 20.1 Å². The second-order valence-electron chi connectivity index (χ2n) is 6.83. The number of para-hydroxylation sites is 1. The lowest BCUT2D eigenvalue weighted by molar-refractivity contribution is -0.139. The number of anilines is 1. The first-order valence-corrected chi connectivity index (χ1v) is 10.7. The van der Waals surface area contributed by atoms with Crippen molar-refractivity contribution in [2.24, 2.45) is 5.10 Å². The van der Waals surface area contributed by atoms with Crippen molar-refractivity contribution in [1.82, 2.24) is 10.7 Å². The molecule has 3 amide bonds. The maximum atomic E-state index is 12.2. The maximum absolute atomic E-state index is 12.2. The topological polar surface area (TPSA) is 118 Å². The molecule has 11 heteroatoms. The minimum absolute atomic E-state index is 0.130. The molecule has 0 aliphatic carbocycles. The van der Waals surface area contributed by atoms with Gasteiger partial charge in [-0.15, -0.1) is 0 Å². The largest absolute Gasteiger partial charge is 0.493 e. The van der Waals surface area contributed by atoms with E-state index in [1.165, 1.54) is 19.4 Å². The Labute approximate surface area is 201 Å². The number of nitrogens with zero attached hydrogens (tertiary/aromatic N) is 1. The molecule has 0 saturated carbocycles. The minimum atomic E-state index is -0.894. The molecule has 2 aromatic carbocycles. The van der Waals surface area contributed by atoms with Crippen molar-refractivity contribution in [1.29, 1.82) is 0 Å². The molecule has 2 aromatic rings. The zero-order valence-electron chi connectivity index (χ0n) is 18.3. The zero-order valence-corrected chi connectivity index (χ0v) is 19.8. The molecule has 0 fully saturated rings. The number of carbonyl (C=O) groups is 3. The van der Waals surface area contributed by atoms with Gasteiger partial charge in [0.25, 0.3) is 5.91 Å². The fourth-order valence-electron chi connectivity index (χ4n) is 2.45. The number of halogens is 2. The molecule has 33 heavy (non-hydrogen) atoms.